The molecular formula is C18H25N3O4. The second-order valence-corrected chi connectivity index (χ2v) is 6.10. The molecule has 7 heteroatoms. The fraction of sp³-hybridized carbons (Fsp3) is 0.556. The molecule has 0 saturated carbocycles. The molecule has 136 valence electrons. The van der Waals surface area contributed by atoms with Crippen molar-refractivity contribution < 1.29 is 19.1 Å². The first-order valence-corrected chi connectivity index (χ1v) is 8.54. The normalized spacial score (nSPS) is 15.4. The Hall–Kier alpha value is -2.44. The van der Waals surface area contributed by atoms with Crippen LogP contribution in [0.25, 0.3) is 0 Å². The van der Waals surface area contributed by atoms with Gasteiger partial charge in [-0.05, 0) is 49.8 Å². The largest absolute Gasteiger partial charge is 0.469 e. The maximum absolute atomic E-state index is 11.5. The van der Waals surface area contributed by atoms with Crippen LogP contribution in [0.1, 0.15) is 42.5 Å². The van der Waals surface area contributed by atoms with Crippen LogP contribution < -0.4 is 0 Å². The molecule has 25 heavy (non-hydrogen) atoms. The van der Waals surface area contributed by atoms with E-state index in [1.807, 2.05) is 5.01 Å². The van der Waals surface area contributed by atoms with Crippen molar-refractivity contribution in [1.82, 2.24) is 5.01 Å². The Labute approximate surface area is 148 Å². The smallest absolute Gasteiger partial charge is 0.337 e. The van der Waals surface area contributed by atoms with Crippen molar-refractivity contribution in [2.75, 3.05) is 27.3 Å². The molecule has 2 rings (SSSR count). The van der Waals surface area contributed by atoms with Crippen molar-refractivity contribution in [1.29, 1.82) is 0 Å². The van der Waals surface area contributed by atoms with Gasteiger partial charge in [-0.3, -0.25) is 9.80 Å². The van der Waals surface area contributed by atoms with Crippen molar-refractivity contribution >= 4 is 17.6 Å². The van der Waals surface area contributed by atoms with Crippen LogP contribution in [-0.4, -0.2) is 44.3 Å². The van der Waals surface area contributed by atoms with E-state index in [1.165, 1.54) is 14.2 Å². The molecular weight excluding hydrogens is 322 g/mol. The van der Waals surface area contributed by atoms with Crippen molar-refractivity contribution in [2.45, 2.75) is 32.1 Å². The molecule has 0 radical (unpaired) electrons. The number of ether oxygens (including phenoxy) is 2. The maximum Gasteiger partial charge on any atom is 0.337 e. The van der Waals surface area contributed by atoms with Gasteiger partial charge in [-0.15, -0.1) is 5.11 Å². The zero-order chi connectivity index (χ0) is 18.1. The summed E-state index contributed by atoms with van der Waals surface area (Å²) in [5.41, 5.74) is 1.09. The Morgan fingerprint density at radius 1 is 1.20 bits per heavy atom. The Balaban J connectivity index is 1.77. The highest BCUT2D eigenvalue weighted by Crippen LogP contribution is 2.24. The predicted molar refractivity (Wildman–Crippen MR) is 92.5 cm³/mol. The van der Waals surface area contributed by atoms with E-state index in [1.54, 1.807) is 24.3 Å². The summed E-state index contributed by atoms with van der Waals surface area (Å²) in [6.07, 6.45) is 4.50. The number of carbonyl (C=O) groups excluding carboxylic acids is 2. The molecule has 1 aromatic carbocycles. The van der Waals surface area contributed by atoms with Crippen LogP contribution in [0, 0.1) is 5.92 Å². The van der Waals surface area contributed by atoms with E-state index >= 15 is 0 Å². The van der Waals surface area contributed by atoms with E-state index in [0.29, 0.717) is 23.6 Å². The van der Waals surface area contributed by atoms with E-state index in [2.05, 4.69) is 15.1 Å². The number of methoxy groups -OCH3 is 2. The number of carbonyl (C=O) groups is 2. The Morgan fingerprint density at radius 3 is 2.64 bits per heavy atom. The molecule has 1 aliphatic heterocycles. The molecule has 0 N–H and O–H groups in total. The van der Waals surface area contributed by atoms with Gasteiger partial charge in [-0.25, -0.2) is 4.79 Å². The predicted octanol–water partition coefficient (Wildman–Crippen LogP) is 3.53. The first-order chi connectivity index (χ1) is 12.1. The standard InChI is InChI=1S/C18H25N3O4/c1-24-17(22)8-3-5-14-9-11-21(12-10-14)20-19-16-7-4-6-15(13-16)18(23)25-2/h4,6-7,13-14H,3,5,8-12H2,1-2H3. The molecule has 1 aromatic rings. The van der Waals surface area contributed by atoms with Crippen molar-refractivity contribution in [3.63, 3.8) is 0 Å². The summed E-state index contributed by atoms with van der Waals surface area (Å²) in [5, 5.41) is 10.4. The summed E-state index contributed by atoms with van der Waals surface area (Å²) in [6.45, 7) is 1.70. The van der Waals surface area contributed by atoms with Gasteiger partial charge in [-0.2, -0.15) is 0 Å². The minimum atomic E-state index is -0.384. The fourth-order valence-electron chi connectivity index (χ4n) is 2.86. The summed E-state index contributed by atoms with van der Waals surface area (Å²) < 4.78 is 9.36. The monoisotopic (exact) mass is 347 g/mol. The number of nitrogens with zero attached hydrogens (tertiary/aromatic N) is 3. The highest BCUT2D eigenvalue weighted by atomic mass is 16.5. The lowest BCUT2D eigenvalue weighted by Crippen LogP contribution is -2.29. The summed E-state index contributed by atoms with van der Waals surface area (Å²) in [5.74, 6) is 0.101. The van der Waals surface area contributed by atoms with Gasteiger partial charge >= 0.3 is 11.9 Å². The number of esters is 2. The zero-order valence-electron chi connectivity index (χ0n) is 14.8. The van der Waals surface area contributed by atoms with Gasteiger partial charge in [0.1, 0.15) is 0 Å². The number of hydrogen-bond acceptors (Lipinski definition) is 6. The van der Waals surface area contributed by atoms with Crippen LogP contribution in [0.4, 0.5) is 5.69 Å². The van der Waals surface area contributed by atoms with E-state index in [0.717, 1.165) is 38.8 Å². The fourth-order valence-corrected chi connectivity index (χ4v) is 2.86. The van der Waals surface area contributed by atoms with Crippen LogP contribution in [0.15, 0.2) is 34.6 Å². The molecule has 0 spiro atoms. The molecule has 0 unspecified atom stereocenters. The molecule has 0 aliphatic carbocycles. The summed E-state index contributed by atoms with van der Waals surface area (Å²) in [7, 11) is 2.78. The third kappa shape index (κ3) is 6.17. The summed E-state index contributed by atoms with van der Waals surface area (Å²) in [6, 6.07) is 6.91. The lowest BCUT2D eigenvalue weighted by molar-refractivity contribution is -0.140. The van der Waals surface area contributed by atoms with Gasteiger partial charge in [0, 0.05) is 19.5 Å². The quantitative estimate of drug-likeness (QED) is 0.557. The molecule has 0 aromatic heterocycles. The van der Waals surface area contributed by atoms with Gasteiger partial charge in [-0.1, -0.05) is 11.3 Å². The summed E-state index contributed by atoms with van der Waals surface area (Å²) in [4.78, 5) is 22.6. The Morgan fingerprint density at radius 2 is 1.96 bits per heavy atom. The van der Waals surface area contributed by atoms with Gasteiger partial charge < -0.3 is 9.47 Å². The van der Waals surface area contributed by atoms with Crippen LogP contribution in [0.3, 0.4) is 0 Å². The SMILES string of the molecule is COC(=O)CCCC1CCN(N=Nc2cccc(C(=O)OC)c2)CC1. The summed E-state index contributed by atoms with van der Waals surface area (Å²) >= 11 is 0. The van der Waals surface area contributed by atoms with Crippen LogP contribution in [0.5, 0.6) is 0 Å². The third-order valence-corrected chi connectivity index (χ3v) is 4.37. The Bertz CT molecular complexity index is 610. The minimum absolute atomic E-state index is 0.138. The number of benzene rings is 1. The van der Waals surface area contributed by atoms with Crippen LogP contribution >= 0.6 is 0 Å². The van der Waals surface area contributed by atoms with Crippen molar-refractivity contribution in [3.8, 4) is 0 Å². The molecule has 1 saturated heterocycles. The molecule has 0 amide bonds. The molecule has 1 heterocycles. The lowest BCUT2D eigenvalue weighted by Gasteiger charge is -2.28. The van der Waals surface area contributed by atoms with Gasteiger partial charge in [0.05, 0.1) is 25.5 Å². The molecule has 0 atom stereocenters. The van der Waals surface area contributed by atoms with Gasteiger partial charge in [0.2, 0.25) is 0 Å². The number of piperidine rings is 1. The molecule has 1 aliphatic rings. The molecule has 7 nitrogen and oxygen atoms in total. The molecule has 0 bridgehead atoms. The highest BCUT2D eigenvalue weighted by molar-refractivity contribution is 5.90. The zero-order valence-corrected chi connectivity index (χ0v) is 14.8. The second kappa shape index (κ2) is 9.76. The minimum Gasteiger partial charge on any atom is -0.469 e. The highest BCUT2D eigenvalue weighted by Gasteiger charge is 2.18. The third-order valence-electron chi connectivity index (χ3n) is 4.37. The Kier molecular flexibility index (Phi) is 7.37. The average molecular weight is 347 g/mol. The van der Waals surface area contributed by atoms with E-state index in [9.17, 15) is 9.59 Å². The molecule has 1 fully saturated rings. The van der Waals surface area contributed by atoms with Gasteiger partial charge in [0.25, 0.3) is 0 Å². The second-order valence-electron chi connectivity index (χ2n) is 6.10. The van der Waals surface area contributed by atoms with E-state index in [4.69, 9.17) is 4.74 Å². The van der Waals surface area contributed by atoms with Crippen LogP contribution in [0.2, 0.25) is 0 Å². The number of rotatable bonds is 7. The van der Waals surface area contributed by atoms with E-state index in [-0.39, 0.29) is 11.9 Å². The average Bonchev–Trinajstić information content (AvgIpc) is 2.66. The van der Waals surface area contributed by atoms with Gasteiger partial charge in [0.15, 0.2) is 0 Å². The van der Waals surface area contributed by atoms with E-state index < -0.39 is 0 Å². The first kappa shape index (κ1) is 18.9. The first-order valence-electron chi connectivity index (χ1n) is 8.54. The topological polar surface area (TPSA) is 80.6 Å². The van der Waals surface area contributed by atoms with Crippen LogP contribution in [-0.2, 0) is 14.3 Å². The van der Waals surface area contributed by atoms with Crippen molar-refractivity contribution in [3.05, 3.63) is 29.8 Å². The lowest BCUT2D eigenvalue weighted by atomic mass is 9.92. The number of hydrogen-bond donors (Lipinski definition) is 0. The van der Waals surface area contributed by atoms with Crippen molar-refractivity contribution in [2.24, 2.45) is 16.3 Å². The maximum atomic E-state index is 11.5.